The molecule has 1 fully saturated rings. The highest BCUT2D eigenvalue weighted by Gasteiger charge is 2.23. The monoisotopic (exact) mass is 229 g/mol. The Bertz CT molecular complexity index is 238. The molecule has 0 saturated carbocycles. The predicted molar refractivity (Wildman–Crippen MR) is 63.0 cm³/mol. The van der Waals surface area contributed by atoms with Crippen LogP contribution in [0.2, 0.25) is 0 Å². The molecule has 94 valence electrons. The third-order valence-electron chi connectivity index (χ3n) is 2.46. The lowest BCUT2D eigenvalue weighted by atomic mass is 10.1. The second-order valence-electron chi connectivity index (χ2n) is 5.16. The molecule has 1 saturated heterocycles. The number of hydrazine groups is 1. The van der Waals surface area contributed by atoms with Crippen molar-refractivity contribution < 1.29 is 9.53 Å². The summed E-state index contributed by atoms with van der Waals surface area (Å²) < 4.78 is 5.22. The maximum absolute atomic E-state index is 11.5. The highest BCUT2D eigenvalue weighted by Crippen LogP contribution is 2.10. The number of hydrogen-bond acceptors (Lipinski definition) is 4. The zero-order valence-corrected chi connectivity index (χ0v) is 10.7. The van der Waals surface area contributed by atoms with Gasteiger partial charge in [-0.25, -0.2) is 9.80 Å². The highest BCUT2D eigenvalue weighted by molar-refractivity contribution is 5.68. The average Bonchev–Trinajstić information content (AvgIpc) is 2.15. The number of rotatable bonds is 2. The number of carbonyl (C=O) groups is 1. The molecule has 1 aliphatic heterocycles. The number of alkyl carbamates (subject to hydrolysis) is 1. The van der Waals surface area contributed by atoms with E-state index in [1.54, 1.807) is 0 Å². The summed E-state index contributed by atoms with van der Waals surface area (Å²) >= 11 is 0. The molecular weight excluding hydrogens is 206 g/mol. The van der Waals surface area contributed by atoms with Crippen molar-refractivity contribution in [1.82, 2.24) is 15.8 Å². The summed E-state index contributed by atoms with van der Waals surface area (Å²) in [4.78, 5) is 11.5. The number of piperidine rings is 1. The Morgan fingerprint density at radius 2 is 2.12 bits per heavy atom. The van der Waals surface area contributed by atoms with Crippen LogP contribution in [0.4, 0.5) is 4.79 Å². The fourth-order valence-corrected chi connectivity index (χ4v) is 1.77. The summed E-state index contributed by atoms with van der Waals surface area (Å²) in [5.41, 5.74) is 2.67. The average molecular weight is 229 g/mol. The van der Waals surface area contributed by atoms with Crippen molar-refractivity contribution in [2.75, 3.05) is 20.1 Å². The fourth-order valence-electron chi connectivity index (χ4n) is 1.77. The van der Waals surface area contributed by atoms with Gasteiger partial charge in [0.1, 0.15) is 5.60 Å². The normalized spacial score (nSPS) is 22.9. The Morgan fingerprint density at radius 3 is 2.69 bits per heavy atom. The molecule has 5 heteroatoms. The maximum Gasteiger partial charge on any atom is 0.407 e. The summed E-state index contributed by atoms with van der Waals surface area (Å²) in [7, 11) is 1.90. The van der Waals surface area contributed by atoms with Gasteiger partial charge in [-0.1, -0.05) is 0 Å². The predicted octanol–water partition coefficient (Wildman–Crippen LogP) is 1.11. The number of amides is 1. The molecule has 0 aromatic carbocycles. The van der Waals surface area contributed by atoms with Gasteiger partial charge in [-0.2, -0.15) is 0 Å². The maximum atomic E-state index is 11.5. The second-order valence-corrected chi connectivity index (χ2v) is 5.16. The van der Waals surface area contributed by atoms with Crippen molar-refractivity contribution in [2.24, 2.45) is 0 Å². The van der Waals surface area contributed by atoms with Crippen LogP contribution in [0.15, 0.2) is 0 Å². The molecule has 1 aliphatic rings. The topological polar surface area (TPSA) is 53.6 Å². The van der Waals surface area contributed by atoms with E-state index in [2.05, 4.69) is 15.8 Å². The Balaban J connectivity index is 2.33. The van der Waals surface area contributed by atoms with Crippen LogP contribution in [0, 0.1) is 0 Å². The highest BCUT2D eigenvalue weighted by atomic mass is 16.6. The molecule has 1 amide bonds. The summed E-state index contributed by atoms with van der Waals surface area (Å²) in [5, 5.41) is 5.00. The van der Waals surface area contributed by atoms with Gasteiger partial charge >= 0.3 is 6.09 Å². The van der Waals surface area contributed by atoms with Crippen LogP contribution in [0.1, 0.15) is 33.6 Å². The molecule has 1 heterocycles. The minimum atomic E-state index is -0.429. The summed E-state index contributed by atoms with van der Waals surface area (Å²) in [6, 6.07) is 0.177. The number of nitrogens with one attached hydrogen (secondary N) is 2. The largest absolute Gasteiger partial charge is 0.444 e. The van der Waals surface area contributed by atoms with Crippen LogP contribution < -0.4 is 10.7 Å². The van der Waals surface area contributed by atoms with Crippen LogP contribution in [0.3, 0.4) is 0 Å². The molecule has 0 radical (unpaired) electrons. The van der Waals surface area contributed by atoms with E-state index in [1.165, 1.54) is 0 Å². The minimum absolute atomic E-state index is 0.177. The SMILES string of the molecule is CNN1CCC[C@H](NC(=O)OC(C)(C)C)C1. The molecule has 0 aromatic heterocycles. The van der Waals surface area contributed by atoms with E-state index in [4.69, 9.17) is 4.74 Å². The lowest BCUT2D eigenvalue weighted by Gasteiger charge is -2.32. The lowest BCUT2D eigenvalue weighted by molar-refractivity contribution is 0.0456. The first-order chi connectivity index (χ1) is 7.40. The van der Waals surface area contributed by atoms with Gasteiger partial charge in [0, 0.05) is 19.1 Å². The molecule has 0 aromatic rings. The van der Waals surface area contributed by atoms with E-state index in [0.29, 0.717) is 0 Å². The second kappa shape index (κ2) is 5.50. The van der Waals surface area contributed by atoms with Crippen LogP contribution in [0.5, 0.6) is 0 Å². The molecule has 16 heavy (non-hydrogen) atoms. The van der Waals surface area contributed by atoms with Crippen LogP contribution in [-0.4, -0.2) is 42.9 Å². The van der Waals surface area contributed by atoms with E-state index in [0.717, 1.165) is 25.9 Å². The number of nitrogens with zero attached hydrogens (tertiary/aromatic N) is 1. The Labute approximate surface area is 97.5 Å². The van der Waals surface area contributed by atoms with Crippen molar-refractivity contribution in [3.05, 3.63) is 0 Å². The Hall–Kier alpha value is -0.810. The van der Waals surface area contributed by atoms with Crippen molar-refractivity contribution in [3.63, 3.8) is 0 Å². The molecule has 0 spiro atoms. The van der Waals surface area contributed by atoms with Gasteiger partial charge in [0.05, 0.1) is 0 Å². The molecule has 0 bridgehead atoms. The van der Waals surface area contributed by atoms with Crippen molar-refractivity contribution in [1.29, 1.82) is 0 Å². The van der Waals surface area contributed by atoms with Crippen LogP contribution in [-0.2, 0) is 4.74 Å². The molecule has 0 unspecified atom stereocenters. The third-order valence-corrected chi connectivity index (χ3v) is 2.46. The number of ether oxygens (including phenoxy) is 1. The van der Waals surface area contributed by atoms with Crippen molar-refractivity contribution in [3.8, 4) is 0 Å². The Morgan fingerprint density at radius 1 is 1.44 bits per heavy atom. The molecule has 1 rings (SSSR count). The quantitative estimate of drug-likeness (QED) is 0.745. The summed E-state index contributed by atoms with van der Waals surface area (Å²) in [6.45, 7) is 7.47. The van der Waals surface area contributed by atoms with E-state index in [-0.39, 0.29) is 12.1 Å². The van der Waals surface area contributed by atoms with Gasteiger partial charge in [0.25, 0.3) is 0 Å². The molecule has 2 N–H and O–H groups in total. The van der Waals surface area contributed by atoms with E-state index in [9.17, 15) is 4.79 Å². The molecule has 0 aliphatic carbocycles. The van der Waals surface area contributed by atoms with Gasteiger partial charge in [0.15, 0.2) is 0 Å². The number of carbonyl (C=O) groups excluding carboxylic acids is 1. The van der Waals surface area contributed by atoms with Crippen molar-refractivity contribution >= 4 is 6.09 Å². The van der Waals surface area contributed by atoms with Crippen LogP contribution in [0.25, 0.3) is 0 Å². The van der Waals surface area contributed by atoms with Gasteiger partial charge in [0.2, 0.25) is 0 Å². The molecule has 1 atom stereocenters. The zero-order chi connectivity index (χ0) is 12.2. The first kappa shape index (κ1) is 13.3. The van der Waals surface area contributed by atoms with Gasteiger partial charge < -0.3 is 10.1 Å². The molecular formula is C11H23N3O2. The van der Waals surface area contributed by atoms with Gasteiger partial charge in [-0.05, 0) is 40.7 Å². The van der Waals surface area contributed by atoms with Gasteiger partial charge in [-0.15, -0.1) is 0 Å². The zero-order valence-electron chi connectivity index (χ0n) is 10.7. The smallest absolute Gasteiger partial charge is 0.407 e. The first-order valence-corrected chi connectivity index (χ1v) is 5.82. The van der Waals surface area contributed by atoms with Crippen LogP contribution >= 0.6 is 0 Å². The minimum Gasteiger partial charge on any atom is -0.444 e. The number of hydrogen-bond donors (Lipinski definition) is 2. The van der Waals surface area contributed by atoms with E-state index in [1.807, 2.05) is 27.8 Å². The third kappa shape index (κ3) is 4.81. The summed E-state index contributed by atoms with van der Waals surface area (Å²) in [5.74, 6) is 0. The van der Waals surface area contributed by atoms with Crippen molar-refractivity contribution in [2.45, 2.75) is 45.3 Å². The summed E-state index contributed by atoms with van der Waals surface area (Å²) in [6.07, 6.45) is 1.77. The van der Waals surface area contributed by atoms with E-state index >= 15 is 0 Å². The first-order valence-electron chi connectivity index (χ1n) is 5.82. The molecule has 5 nitrogen and oxygen atoms in total. The van der Waals surface area contributed by atoms with E-state index < -0.39 is 5.60 Å². The fraction of sp³-hybridized carbons (Fsp3) is 0.909. The Kier molecular flexibility index (Phi) is 4.56. The van der Waals surface area contributed by atoms with Gasteiger partial charge in [-0.3, -0.25) is 5.43 Å². The standard InChI is InChI=1S/C11H23N3O2/c1-11(2,3)16-10(15)13-9-6-5-7-14(8-9)12-4/h9,12H,5-8H2,1-4H3,(H,13,15)/t9-/m0/s1. The lowest BCUT2D eigenvalue weighted by Crippen LogP contribution is -2.52.